The topological polar surface area (TPSA) is 40.5 Å². The highest BCUT2D eigenvalue weighted by Crippen LogP contribution is 2.34. The standard InChI is InChI=1S/C18H18FNO2/c19-14-7-8-16-15(12-14)17(21)10-11-20(16)18(22)9-6-13-4-2-1-3-5-13/h1-5,7-8,12,17,21H,6,9-11H2. The third-order valence-electron chi connectivity index (χ3n) is 4.04. The van der Waals surface area contributed by atoms with Gasteiger partial charge in [-0.2, -0.15) is 0 Å². The molecule has 22 heavy (non-hydrogen) atoms. The summed E-state index contributed by atoms with van der Waals surface area (Å²) in [5, 5.41) is 9.99. The van der Waals surface area contributed by atoms with Crippen LogP contribution in [0.2, 0.25) is 0 Å². The molecular weight excluding hydrogens is 281 g/mol. The Morgan fingerprint density at radius 2 is 2.00 bits per heavy atom. The molecule has 0 saturated heterocycles. The number of hydrogen-bond donors (Lipinski definition) is 1. The number of aliphatic hydroxyl groups excluding tert-OH is 1. The predicted molar refractivity (Wildman–Crippen MR) is 83.1 cm³/mol. The average Bonchev–Trinajstić information content (AvgIpc) is 2.54. The van der Waals surface area contributed by atoms with Crippen LogP contribution in [0.25, 0.3) is 0 Å². The molecule has 114 valence electrons. The summed E-state index contributed by atoms with van der Waals surface area (Å²) in [6.45, 7) is 0.466. The van der Waals surface area contributed by atoms with E-state index in [4.69, 9.17) is 0 Å². The average molecular weight is 299 g/mol. The summed E-state index contributed by atoms with van der Waals surface area (Å²) in [6.07, 6.45) is 0.809. The third kappa shape index (κ3) is 3.02. The fraction of sp³-hybridized carbons (Fsp3) is 0.278. The second-order valence-electron chi connectivity index (χ2n) is 5.54. The van der Waals surface area contributed by atoms with Crippen LogP contribution < -0.4 is 4.90 Å². The molecule has 3 rings (SSSR count). The molecule has 1 aliphatic rings. The zero-order chi connectivity index (χ0) is 15.5. The lowest BCUT2D eigenvalue weighted by molar-refractivity contribution is -0.118. The molecule has 1 N–H and O–H groups in total. The first-order valence-corrected chi connectivity index (χ1v) is 7.47. The van der Waals surface area contributed by atoms with Crippen molar-refractivity contribution < 1.29 is 14.3 Å². The largest absolute Gasteiger partial charge is 0.388 e. The molecular formula is C18H18FNO2. The van der Waals surface area contributed by atoms with E-state index in [-0.39, 0.29) is 5.91 Å². The highest BCUT2D eigenvalue weighted by molar-refractivity contribution is 5.94. The van der Waals surface area contributed by atoms with Crippen LogP contribution in [-0.4, -0.2) is 17.6 Å². The Balaban J connectivity index is 1.75. The lowest BCUT2D eigenvalue weighted by Crippen LogP contribution is -2.36. The van der Waals surface area contributed by atoms with Crippen LogP contribution >= 0.6 is 0 Å². The van der Waals surface area contributed by atoms with Crippen molar-refractivity contribution in [3.8, 4) is 0 Å². The molecule has 1 heterocycles. The Bertz CT molecular complexity index is 672. The fourth-order valence-electron chi connectivity index (χ4n) is 2.86. The Morgan fingerprint density at radius 3 is 2.77 bits per heavy atom. The van der Waals surface area contributed by atoms with Gasteiger partial charge in [0, 0.05) is 24.2 Å². The molecule has 0 aromatic heterocycles. The summed E-state index contributed by atoms with van der Waals surface area (Å²) >= 11 is 0. The van der Waals surface area contributed by atoms with Crippen molar-refractivity contribution >= 4 is 11.6 Å². The van der Waals surface area contributed by atoms with Gasteiger partial charge in [-0.05, 0) is 36.6 Å². The van der Waals surface area contributed by atoms with Crippen LogP contribution in [0.1, 0.15) is 30.1 Å². The SMILES string of the molecule is O=C(CCc1ccccc1)N1CCC(O)c2cc(F)ccc21. The Hall–Kier alpha value is -2.20. The van der Waals surface area contributed by atoms with Gasteiger partial charge in [-0.1, -0.05) is 30.3 Å². The number of carbonyl (C=O) groups excluding carboxylic acids is 1. The van der Waals surface area contributed by atoms with Crippen LogP contribution in [0.3, 0.4) is 0 Å². The van der Waals surface area contributed by atoms with Crippen molar-refractivity contribution in [1.82, 2.24) is 0 Å². The highest BCUT2D eigenvalue weighted by atomic mass is 19.1. The van der Waals surface area contributed by atoms with E-state index in [0.29, 0.717) is 37.1 Å². The van der Waals surface area contributed by atoms with Gasteiger partial charge >= 0.3 is 0 Å². The zero-order valence-corrected chi connectivity index (χ0v) is 12.2. The summed E-state index contributed by atoms with van der Waals surface area (Å²) in [5.74, 6) is -0.389. The monoisotopic (exact) mass is 299 g/mol. The van der Waals surface area contributed by atoms with E-state index in [0.717, 1.165) is 5.56 Å². The first-order valence-electron chi connectivity index (χ1n) is 7.47. The van der Waals surface area contributed by atoms with Crippen LogP contribution in [-0.2, 0) is 11.2 Å². The molecule has 0 radical (unpaired) electrons. The molecule has 1 amide bonds. The van der Waals surface area contributed by atoms with Crippen molar-refractivity contribution in [2.24, 2.45) is 0 Å². The lowest BCUT2D eigenvalue weighted by atomic mass is 9.98. The highest BCUT2D eigenvalue weighted by Gasteiger charge is 2.27. The van der Waals surface area contributed by atoms with Crippen molar-refractivity contribution in [2.75, 3.05) is 11.4 Å². The minimum atomic E-state index is -0.705. The number of fused-ring (bicyclic) bond motifs is 1. The minimum Gasteiger partial charge on any atom is -0.388 e. The third-order valence-corrected chi connectivity index (χ3v) is 4.04. The molecule has 1 atom stereocenters. The summed E-state index contributed by atoms with van der Waals surface area (Å²) < 4.78 is 13.4. The quantitative estimate of drug-likeness (QED) is 0.945. The van der Waals surface area contributed by atoms with E-state index >= 15 is 0 Å². The van der Waals surface area contributed by atoms with Gasteiger partial charge in [-0.25, -0.2) is 4.39 Å². The zero-order valence-electron chi connectivity index (χ0n) is 12.2. The summed E-state index contributed by atoms with van der Waals surface area (Å²) in [4.78, 5) is 14.1. The van der Waals surface area contributed by atoms with E-state index in [9.17, 15) is 14.3 Å². The van der Waals surface area contributed by atoms with E-state index in [1.807, 2.05) is 30.3 Å². The maximum atomic E-state index is 13.4. The normalized spacial score (nSPS) is 17.2. The molecule has 0 saturated carbocycles. The number of anilines is 1. The van der Waals surface area contributed by atoms with Gasteiger partial charge in [0.05, 0.1) is 6.10 Å². The smallest absolute Gasteiger partial charge is 0.227 e. The van der Waals surface area contributed by atoms with Gasteiger partial charge in [-0.15, -0.1) is 0 Å². The molecule has 1 unspecified atom stereocenters. The van der Waals surface area contributed by atoms with Gasteiger partial charge in [0.1, 0.15) is 5.82 Å². The van der Waals surface area contributed by atoms with Gasteiger partial charge in [0.25, 0.3) is 0 Å². The molecule has 3 nitrogen and oxygen atoms in total. The molecule has 2 aromatic rings. The van der Waals surface area contributed by atoms with Crippen LogP contribution in [0.15, 0.2) is 48.5 Å². The number of carbonyl (C=O) groups is 1. The number of hydrogen-bond acceptors (Lipinski definition) is 2. The second-order valence-corrected chi connectivity index (χ2v) is 5.54. The first kappa shape index (κ1) is 14.7. The first-order chi connectivity index (χ1) is 10.6. The Labute approximate surface area is 129 Å². The van der Waals surface area contributed by atoms with Crippen molar-refractivity contribution in [2.45, 2.75) is 25.4 Å². The molecule has 4 heteroatoms. The molecule has 0 aliphatic carbocycles. The van der Waals surface area contributed by atoms with Crippen molar-refractivity contribution in [3.05, 3.63) is 65.5 Å². The molecule has 0 bridgehead atoms. The van der Waals surface area contributed by atoms with E-state index < -0.39 is 11.9 Å². The summed E-state index contributed by atoms with van der Waals surface area (Å²) in [7, 11) is 0. The number of halogens is 1. The van der Waals surface area contributed by atoms with Crippen molar-refractivity contribution in [3.63, 3.8) is 0 Å². The number of nitrogens with zero attached hydrogens (tertiary/aromatic N) is 1. The molecule has 1 aliphatic heterocycles. The van der Waals surface area contributed by atoms with Gasteiger partial charge in [0.15, 0.2) is 0 Å². The Morgan fingerprint density at radius 1 is 1.23 bits per heavy atom. The van der Waals surface area contributed by atoms with E-state index in [1.165, 1.54) is 12.1 Å². The van der Waals surface area contributed by atoms with Gasteiger partial charge < -0.3 is 10.0 Å². The number of benzene rings is 2. The van der Waals surface area contributed by atoms with Gasteiger partial charge in [0.2, 0.25) is 5.91 Å². The summed E-state index contributed by atoms with van der Waals surface area (Å²) in [6, 6.07) is 14.1. The van der Waals surface area contributed by atoms with E-state index in [2.05, 4.69) is 0 Å². The lowest BCUT2D eigenvalue weighted by Gasteiger charge is -2.32. The fourth-order valence-corrected chi connectivity index (χ4v) is 2.86. The predicted octanol–water partition coefficient (Wildman–Crippen LogP) is 3.23. The maximum Gasteiger partial charge on any atom is 0.227 e. The van der Waals surface area contributed by atoms with Gasteiger partial charge in [-0.3, -0.25) is 4.79 Å². The van der Waals surface area contributed by atoms with Crippen LogP contribution in [0, 0.1) is 5.82 Å². The van der Waals surface area contributed by atoms with E-state index in [1.54, 1.807) is 11.0 Å². The number of aryl methyl sites for hydroxylation is 1. The number of aliphatic hydroxyl groups is 1. The second kappa shape index (κ2) is 6.28. The summed E-state index contributed by atoms with van der Waals surface area (Å²) in [5.41, 5.74) is 2.24. The number of rotatable bonds is 3. The molecule has 0 spiro atoms. The van der Waals surface area contributed by atoms with Crippen molar-refractivity contribution in [1.29, 1.82) is 0 Å². The molecule has 0 fully saturated rings. The van der Waals surface area contributed by atoms with Crippen LogP contribution in [0.5, 0.6) is 0 Å². The minimum absolute atomic E-state index is 0.00334. The Kier molecular flexibility index (Phi) is 4.20. The van der Waals surface area contributed by atoms with Crippen LogP contribution in [0.4, 0.5) is 10.1 Å². The number of amides is 1. The maximum absolute atomic E-state index is 13.4. The molecule has 2 aromatic carbocycles.